The largest absolute Gasteiger partial charge is 0.349 e. The second kappa shape index (κ2) is 7.91. The molecule has 3 rings (SSSR count). The number of hydrogen-bond acceptors (Lipinski definition) is 5. The summed E-state index contributed by atoms with van der Waals surface area (Å²) in [5.41, 5.74) is 1.93. The van der Waals surface area contributed by atoms with Crippen molar-refractivity contribution in [2.45, 2.75) is 50.6 Å². The van der Waals surface area contributed by atoms with Crippen LogP contribution in [0.15, 0.2) is 23.1 Å². The molecule has 3 N–H and O–H groups in total. The molecule has 0 unspecified atom stereocenters. The molecule has 1 fully saturated rings. The Labute approximate surface area is 163 Å². The van der Waals surface area contributed by atoms with Gasteiger partial charge in [-0.3, -0.25) is 14.5 Å². The average Bonchev–Trinajstić information content (AvgIpc) is 3.38. The van der Waals surface area contributed by atoms with Gasteiger partial charge in [0.05, 0.1) is 11.4 Å². The standard InChI is InChI=1S/C17H23N5O3S2/c1-11-3-6-14(9-12(11)2)27(24,25)19-8-7-16(23)18-10-15-20-21-17(26)22(15)13-4-5-13/h3,6,9,13,19H,4-5,7-8,10H2,1-2H3,(H,18,23)(H,21,26). The highest BCUT2D eigenvalue weighted by atomic mass is 32.2. The van der Waals surface area contributed by atoms with Gasteiger partial charge < -0.3 is 5.32 Å². The number of aromatic nitrogens is 3. The van der Waals surface area contributed by atoms with Crippen molar-refractivity contribution in [2.24, 2.45) is 0 Å². The van der Waals surface area contributed by atoms with Crippen molar-refractivity contribution >= 4 is 28.1 Å². The molecule has 10 heteroatoms. The summed E-state index contributed by atoms with van der Waals surface area (Å²) in [5.74, 6) is 0.431. The van der Waals surface area contributed by atoms with Gasteiger partial charge in [0.2, 0.25) is 15.9 Å². The fraction of sp³-hybridized carbons (Fsp3) is 0.471. The van der Waals surface area contributed by atoms with Crippen LogP contribution in [0.2, 0.25) is 0 Å². The third-order valence-electron chi connectivity index (χ3n) is 4.57. The molecule has 2 aromatic rings. The van der Waals surface area contributed by atoms with Crippen molar-refractivity contribution in [2.75, 3.05) is 6.54 Å². The molecular weight excluding hydrogens is 386 g/mol. The Hall–Kier alpha value is -2.04. The van der Waals surface area contributed by atoms with Crippen molar-refractivity contribution < 1.29 is 13.2 Å². The van der Waals surface area contributed by atoms with E-state index in [4.69, 9.17) is 12.2 Å². The fourth-order valence-corrected chi connectivity index (χ4v) is 4.12. The van der Waals surface area contributed by atoms with Crippen LogP contribution in [0.3, 0.4) is 0 Å². The summed E-state index contributed by atoms with van der Waals surface area (Å²) < 4.78 is 29.6. The first-order valence-corrected chi connectivity index (χ1v) is 10.7. The number of nitrogens with one attached hydrogen (secondary N) is 3. The molecule has 146 valence electrons. The van der Waals surface area contributed by atoms with Gasteiger partial charge in [-0.2, -0.15) is 5.10 Å². The van der Waals surface area contributed by atoms with Crippen LogP contribution in [0.5, 0.6) is 0 Å². The summed E-state index contributed by atoms with van der Waals surface area (Å²) in [6.07, 6.45) is 2.17. The van der Waals surface area contributed by atoms with Gasteiger partial charge in [-0.1, -0.05) is 6.07 Å². The van der Waals surface area contributed by atoms with Crippen LogP contribution in [0.1, 0.15) is 42.3 Å². The Morgan fingerprint density at radius 1 is 1.33 bits per heavy atom. The second-order valence-corrected chi connectivity index (χ2v) is 8.87. The summed E-state index contributed by atoms with van der Waals surface area (Å²) in [5, 5.41) is 9.64. The minimum absolute atomic E-state index is 0.0244. The van der Waals surface area contributed by atoms with E-state index in [0.717, 1.165) is 24.0 Å². The predicted molar refractivity (Wildman–Crippen MR) is 103 cm³/mol. The number of rotatable bonds is 8. The van der Waals surface area contributed by atoms with Crippen LogP contribution in [0.25, 0.3) is 0 Å². The van der Waals surface area contributed by atoms with Gasteiger partial charge in [0.15, 0.2) is 10.6 Å². The Balaban J connectivity index is 1.49. The van der Waals surface area contributed by atoms with Crippen molar-refractivity contribution in [1.82, 2.24) is 24.8 Å². The lowest BCUT2D eigenvalue weighted by atomic mass is 10.1. The van der Waals surface area contributed by atoms with Gasteiger partial charge in [-0.15, -0.1) is 0 Å². The Bertz CT molecular complexity index is 1010. The van der Waals surface area contributed by atoms with E-state index in [1.165, 1.54) is 0 Å². The monoisotopic (exact) mass is 409 g/mol. The van der Waals surface area contributed by atoms with E-state index < -0.39 is 10.0 Å². The molecule has 0 bridgehead atoms. The molecule has 27 heavy (non-hydrogen) atoms. The quantitative estimate of drug-likeness (QED) is 0.577. The number of aryl methyl sites for hydroxylation is 2. The highest BCUT2D eigenvalue weighted by molar-refractivity contribution is 7.89. The molecule has 1 amide bonds. The van der Waals surface area contributed by atoms with Gasteiger partial charge in [0.1, 0.15) is 0 Å². The van der Waals surface area contributed by atoms with Crippen LogP contribution in [0.4, 0.5) is 0 Å². The molecule has 0 spiro atoms. The first kappa shape index (κ1) is 19.7. The number of H-pyrrole nitrogens is 1. The first-order chi connectivity index (χ1) is 12.8. The molecule has 1 heterocycles. The van der Waals surface area contributed by atoms with Crippen LogP contribution in [-0.4, -0.2) is 35.6 Å². The number of aromatic amines is 1. The Morgan fingerprint density at radius 3 is 2.74 bits per heavy atom. The Kier molecular flexibility index (Phi) is 5.78. The highest BCUT2D eigenvalue weighted by Crippen LogP contribution is 2.35. The Morgan fingerprint density at radius 2 is 2.07 bits per heavy atom. The van der Waals surface area contributed by atoms with Gasteiger partial charge in [0, 0.05) is 19.0 Å². The van der Waals surface area contributed by atoms with E-state index >= 15 is 0 Å². The van der Waals surface area contributed by atoms with Crippen molar-refractivity contribution in [3.63, 3.8) is 0 Å². The number of amides is 1. The number of carbonyl (C=O) groups excluding carboxylic acids is 1. The first-order valence-electron chi connectivity index (χ1n) is 8.77. The maximum Gasteiger partial charge on any atom is 0.240 e. The third-order valence-corrected chi connectivity index (χ3v) is 6.31. The summed E-state index contributed by atoms with van der Waals surface area (Å²) in [6.45, 7) is 4.06. The molecule has 1 aliphatic carbocycles. The third kappa shape index (κ3) is 4.82. The van der Waals surface area contributed by atoms with E-state index in [1.54, 1.807) is 18.2 Å². The van der Waals surface area contributed by atoms with Gasteiger partial charge in [-0.25, -0.2) is 13.1 Å². The van der Waals surface area contributed by atoms with Crippen molar-refractivity contribution in [3.8, 4) is 0 Å². The maximum absolute atomic E-state index is 12.3. The number of hydrogen-bond donors (Lipinski definition) is 3. The SMILES string of the molecule is Cc1ccc(S(=O)(=O)NCCC(=O)NCc2n[nH]c(=S)n2C2CC2)cc1C. The summed E-state index contributed by atoms with van der Waals surface area (Å²) in [7, 11) is -3.63. The molecule has 1 aromatic carbocycles. The normalized spacial score (nSPS) is 14.3. The number of benzene rings is 1. The van der Waals surface area contributed by atoms with Crippen LogP contribution in [-0.2, 0) is 21.4 Å². The molecule has 0 saturated heterocycles. The van der Waals surface area contributed by atoms with E-state index in [9.17, 15) is 13.2 Å². The summed E-state index contributed by atoms with van der Waals surface area (Å²) in [4.78, 5) is 12.2. The molecule has 8 nitrogen and oxygen atoms in total. The lowest BCUT2D eigenvalue weighted by Gasteiger charge is -2.09. The molecular formula is C17H23N5O3S2. The van der Waals surface area contributed by atoms with E-state index in [-0.39, 0.29) is 30.3 Å². The minimum atomic E-state index is -3.63. The van der Waals surface area contributed by atoms with Crippen LogP contribution < -0.4 is 10.0 Å². The lowest BCUT2D eigenvalue weighted by Crippen LogP contribution is -2.31. The minimum Gasteiger partial charge on any atom is -0.349 e. The molecule has 0 radical (unpaired) electrons. The van der Waals surface area contributed by atoms with E-state index in [0.29, 0.717) is 16.6 Å². The zero-order chi connectivity index (χ0) is 19.6. The van der Waals surface area contributed by atoms with Gasteiger partial charge >= 0.3 is 0 Å². The van der Waals surface area contributed by atoms with Gasteiger partial charge in [-0.05, 0) is 62.2 Å². The average molecular weight is 410 g/mol. The molecule has 1 aromatic heterocycles. The smallest absolute Gasteiger partial charge is 0.240 e. The summed E-state index contributed by atoms with van der Waals surface area (Å²) in [6, 6.07) is 5.32. The molecule has 1 aliphatic rings. The predicted octanol–water partition coefficient (Wildman–Crippen LogP) is 1.88. The fourth-order valence-electron chi connectivity index (χ4n) is 2.70. The topological polar surface area (TPSA) is 109 Å². The zero-order valence-corrected chi connectivity index (χ0v) is 16.9. The molecule has 1 saturated carbocycles. The number of nitrogens with zero attached hydrogens (tertiary/aromatic N) is 2. The van der Waals surface area contributed by atoms with Crippen LogP contribution >= 0.6 is 12.2 Å². The van der Waals surface area contributed by atoms with E-state index in [2.05, 4.69) is 20.2 Å². The van der Waals surface area contributed by atoms with Gasteiger partial charge in [0.25, 0.3) is 0 Å². The molecule has 0 atom stereocenters. The van der Waals surface area contributed by atoms with Crippen molar-refractivity contribution in [1.29, 1.82) is 0 Å². The maximum atomic E-state index is 12.3. The van der Waals surface area contributed by atoms with E-state index in [1.807, 2.05) is 18.4 Å². The molecule has 0 aliphatic heterocycles. The lowest BCUT2D eigenvalue weighted by molar-refractivity contribution is -0.121. The highest BCUT2D eigenvalue weighted by Gasteiger charge is 2.27. The van der Waals surface area contributed by atoms with Crippen molar-refractivity contribution in [3.05, 3.63) is 39.9 Å². The number of sulfonamides is 1. The summed E-state index contributed by atoms with van der Waals surface area (Å²) >= 11 is 5.20. The number of carbonyl (C=O) groups is 1. The second-order valence-electron chi connectivity index (χ2n) is 6.72. The van der Waals surface area contributed by atoms with Crippen LogP contribution in [0, 0.1) is 18.6 Å². The zero-order valence-electron chi connectivity index (χ0n) is 15.3.